The Balaban J connectivity index is 0.00000107. The Morgan fingerprint density at radius 2 is 0.889 bits per heavy atom. The highest BCUT2D eigenvalue weighted by molar-refractivity contribution is 6.09. The zero-order valence-corrected chi connectivity index (χ0v) is 40.6. The molecular weight excluding hydrogens is 871 g/mol. The number of aromatic nitrogens is 3. The maximum absolute atomic E-state index is 5.41. The highest BCUT2D eigenvalue weighted by Crippen LogP contribution is 2.39. The lowest BCUT2D eigenvalue weighted by Crippen LogP contribution is -1.97. The lowest BCUT2D eigenvalue weighted by atomic mass is 9.93. The average molecular weight is 924 g/mol. The molecule has 0 radical (unpaired) electrons. The number of pyridine rings is 1. The Kier molecular flexibility index (Phi) is 12.5. The fourth-order valence-electron chi connectivity index (χ4n) is 10.2. The molecule has 3 heteroatoms. The van der Waals surface area contributed by atoms with Crippen LogP contribution in [-0.2, 0) is 0 Å². The second kappa shape index (κ2) is 20.0. The molecule has 0 aliphatic heterocycles. The summed E-state index contributed by atoms with van der Waals surface area (Å²) in [5.74, 6) is 0. The van der Waals surface area contributed by atoms with E-state index in [-0.39, 0.29) is 0 Å². The fraction of sp³-hybridized carbons (Fsp3) is 0.0290. The first-order chi connectivity index (χ1) is 35.5. The number of allylic oxidation sites excluding steroid dienone is 4. The molecule has 72 heavy (non-hydrogen) atoms. The number of fused-ring (bicyclic) bond motifs is 5. The van der Waals surface area contributed by atoms with E-state index in [4.69, 9.17) is 4.98 Å². The molecule has 3 aromatic heterocycles. The van der Waals surface area contributed by atoms with Crippen LogP contribution in [0.15, 0.2) is 262 Å². The second-order valence-electron chi connectivity index (χ2n) is 17.9. The van der Waals surface area contributed by atoms with Crippen molar-refractivity contribution in [3.63, 3.8) is 0 Å². The van der Waals surface area contributed by atoms with Gasteiger partial charge in [0, 0.05) is 44.0 Å². The van der Waals surface area contributed by atoms with E-state index < -0.39 is 0 Å². The SMILES string of the molecule is C=C/C=C\C.C=Cc1c(/C=C\C)n(-c2cccc(-c3ccc4nc(-c5cccc(-c6cccc(-n7c8ccccc8c8ccccc87)c6)c5)cc(-c5ccc(-c6ccccc6)cc5)c4c3)c2)c2ccccc12. The molecule has 0 unspecified atom stereocenters. The number of hydrogen-bond donors (Lipinski definition) is 0. The predicted octanol–water partition coefficient (Wildman–Crippen LogP) is 19.0. The molecular formula is C69H53N3. The largest absolute Gasteiger partial charge is 0.309 e. The molecule has 0 bridgehead atoms. The molecule has 0 spiro atoms. The van der Waals surface area contributed by atoms with Crippen molar-refractivity contribution in [1.29, 1.82) is 0 Å². The summed E-state index contributed by atoms with van der Waals surface area (Å²) in [6, 6.07) is 81.0. The average Bonchev–Trinajstić information content (AvgIpc) is 3.95. The minimum absolute atomic E-state index is 0.929. The summed E-state index contributed by atoms with van der Waals surface area (Å²) in [7, 11) is 0. The first kappa shape index (κ1) is 45.2. The Bertz CT molecular complexity index is 3980. The van der Waals surface area contributed by atoms with Crippen LogP contribution >= 0.6 is 0 Å². The van der Waals surface area contributed by atoms with Crippen molar-refractivity contribution in [1.82, 2.24) is 14.1 Å². The normalized spacial score (nSPS) is 11.5. The van der Waals surface area contributed by atoms with Gasteiger partial charge in [0.25, 0.3) is 0 Å². The number of nitrogens with zero attached hydrogens (tertiary/aromatic N) is 3. The standard InChI is InChI=1S/C64H45N3.C5H8/c1-3-17-61-53(4-2)54-26-8-11-29-62(54)66(61)51-24-16-22-48(40-51)49-36-37-59-58(41-49)57(45-34-32-44(33-35-45)43-18-6-5-7-19-43)42-60(65-59)50-23-14-20-46(38-50)47-21-15-25-52(39-47)67-63-30-12-9-27-55(63)56-28-10-13-31-64(56)67;1-3-5-4-2/h3-42H,2H2,1H3;3-5H,1H2,2H3/b17-3-;5-4-. The van der Waals surface area contributed by atoms with Crippen molar-refractivity contribution in [3.8, 4) is 67.1 Å². The third-order valence-corrected chi connectivity index (χ3v) is 13.5. The molecule has 9 aromatic carbocycles. The highest BCUT2D eigenvalue weighted by Gasteiger charge is 2.18. The van der Waals surface area contributed by atoms with Crippen LogP contribution in [0.2, 0.25) is 0 Å². The van der Waals surface area contributed by atoms with E-state index >= 15 is 0 Å². The van der Waals surface area contributed by atoms with E-state index in [1.165, 1.54) is 38.3 Å². The summed E-state index contributed by atoms with van der Waals surface area (Å²) in [5.41, 5.74) is 20.2. The van der Waals surface area contributed by atoms with Crippen LogP contribution in [0.1, 0.15) is 25.1 Å². The van der Waals surface area contributed by atoms with Crippen molar-refractivity contribution in [2.24, 2.45) is 0 Å². The molecule has 0 atom stereocenters. The van der Waals surface area contributed by atoms with E-state index in [2.05, 4.69) is 266 Å². The quantitative estimate of drug-likeness (QED) is 0.125. The van der Waals surface area contributed by atoms with Crippen LogP contribution in [-0.4, -0.2) is 14.1 Å². The van der Waals surface area contributed by atoms with Crippen LogP contribution in [0, 0.1) is 0 Å². The topological polar surface area (TPSA) is 22.8 Å². The number of para-hydroxylation sites is 3. The van der Waals surface area contributed by atoms with E-state index in [1.807, 2.05) is 25.2 Å². The van der Waals surface area contributed by atoms with Crippen molar-refractivity contribution < 1.29 is 0 Å². The maximum atomic E-state index is 5.41. The molecule has 0 N–H and O–H groups in total. The summed E-state index contributed by atoms with van der Waals surface area (Å²) < 4.78 is 4.73. The highest BCUT2D eigenvalue weighted by atomic mass is 15.0. The van der Waals surface area contributed by atoms with Gasteiger partial charge in [-0.1, -0.05) is 201 Å². The number of benzene rings is 9. The van der Waals surface area contributed by atoms with Crippen molar-refractivity contribution in [2.45, 2.75) is 13.8 Å². The van der Waals surface area contributed by atoms with Gasteiger partial charge in [-0.25, -0.2) is 4.98 Å². The first-order valence-electron chi connectivity index (χ1n) is 24.6. The zero-order valence-electron chi connectivity index (χ0n) is 40.6. The van der Waals surface area contributed by atoms with E-state index in [1.54, 1.807) is 6.08 Å². The summed E-state index contributed by atoms with van der Waals surface area (Å²) in [5, 5.41) is 4.80. The van der Waals surface area contributed by atoms with Crippen LogP contribution < -0.4 is 0 Å². The smallest absolute Gasteiger partial charge is 0.0716 e. The second-order valence-corrected chi connectivity index (χ2v) is 17.9. The van der Waals surface area contributed by atoms with Gasteiger partial charge >= 0.3 is 0 Å². The number of hydrogen-bond acceptors (Lipinski definition) is 1. The lowest BCUT2D eigenvalue weighted by Gasteiger charge is -2.15. The van der Waals surface area contributed by atoms with E-state index in [0.717, 1.165) is 83.7 Å². The Morgan fingerprint density at radius 1 is 0.389 bits per heavy atom. The summed E-state index contributed by atoms with van der Waals surface area (Å²) in [6.45, 7) is 11.7. The molecule has 3 nitrogen and oxygen atoms in total. The van der Waals surface area contributed by atoms with Gasteiger partial charge in [0.05, 0.1) is 33.5 Å². The molecule has 0 saturated heterocycles. The van der Waals surface area contributed by atoms with E-state index in [0.29, 0.717) is 0 Å². The van der Waals surface area contributed by atoms with Crippen LogP contribution in [0.5, 0.6) is 0 Å². The minimum Gasteiger partial charge on any atom is -0.309 e. The third-order valence-electron chi connectivity index (χ3n) is 13.5. The minimum atomic E-state index is 0.929. The molecule has 12 aromatic rings. The monoisotopic (exact) mass is 923 g/mol. The Labute approximate surface area is 422 Å². The van der Waals surface area contributed by atoms with Gasteiger partial charge < -0.3 is 9.13 Å². The molecule has 344 valence electrons. The molecule has 0 amide bonds. The van der Waals surface area contributed by atoms with E-state index in [9.17, 15) is 0 Å². The summed E-state index contributed by atoms with van der Waals surface area (Å²) in [4.78, 5) is 5.41. The Morgan fingerprint density at radius 3 is 1.50 bits per heavy atom. The van der Waals surface area contributed by atoms with Crippen molar-refractivity contribution in [2.75, 3.05) is 0 Å². The van der Waals surface area contributed by atoms with Gasteiger partial charge in [0.15, 0.2) is 0 Å². The molecule has 0 aliphatic rings. The van der Waals surface area contributed by atoms with Gasteiger partial charge in [-0.15, -0.1) is 0 Å². The molecule has 3 heterocycles. The van der Waals surface area contributed by atoms with Gasteiger partial charge in [0.2, 0.25) is 0 Å². The predicted molar refractivity (Wildman–Crippen MR) is 310 cm³/mol. The van der Waals surface area contributed by atoms with Gasteiger partial charge in [-0.2, -0.15) is 0 Å². The van der Waals surface area contributed by atoms with Crippen molar-refractivity contribution >= 4 is 55.8 Å². The summed E-state index contributed by atoms with van der Waals surface area (Å²) in [6.07, 6.45) is 11.8. The van der Waals surface area contributed by atoms with Gasteiger partial charge in [-0.05, 0) is 131 Å². The molecule has 0 saturated carbocycles. The Hall–Kier alpha value is -9.31. The van der Waals surface area contributed by atoms with Crippen LogP contribution in [0.4, 0.5) is 0 Å². The maximum Gasteiger partial charge on any atom is 0.0716 e. The van der Waals surface area contributed by atoms with Gasteiger partial charge in [-0.3, -0.25) is 0 Å². The summed E-state index contributed by atoms with van der Waals surface area (Å²) >= 11 is 0. The third kappa shape index (κ3) is 8.48. The van der Waals surface area contributed by atoms with Crippen LogP contribution in [0.25, 0.3) is 123 Å². The van der Waals surface area contributed by atoms with Gasteiger partial charge in [0.1, 0.15) is 0 Å². The zero-order chi connectivity index (χ0) is 49.0. The van der Waals surface area contributed by atoms with Crippen molar-refractivity contribution in [3.05, 3.63) is 273 Å². The van der Waals surface area contributed by atoms with Crippen LogP contribution in [0.3, 0.4) is 0 Å². The number of rotatable bonds is 10. The molecule has 0 aliphatic carbocycles. The first-order valence-corrected chi connectivity index (χ1v) is 24.6. The molecule has 12 rings (SSSR count). The lowest BCUT2D eigenvalue weighted by molar-refractivity contribution is 1.11. The fourth-order valence-corrected chi connectivity index (χ4v) is 10.2. The molecule has 0 fully saturated rings.